The van der Waals surface area contributed by atoms with Gasteiger partial charge < -0.3 is 5.32 Å². The third-order valence-corrected chi connectivity index (χ3v) is 4.90. The molecule has 1 aromatic heterocycles. The average molecular weight is 364 g/mol. The number of carbonyl (C=O) groups is 1. The third-order valence-electron chi connectivity index (χ3n) is 3.10. The molecule has 0 saturated carbocycles. The topological polar surface area (TPSA) is 54.9 Å². The van der Waals surface area contributed by atoms with E-state index in [0.29, 0.717) is 15.7 Å². The molecule has 7 heteroatoms. The Labute approximate surface area is 147 Å². The largest absolute Gasteiger partial charge is 0.324 e. The van der Waals surface area contributed by atoms with Crippen LogP contribution in [0.1, 0.15) is 0 Å². The summed E-state index contributed by atoms with van der Waals surface area (Å²) >= 11 is 13.3. The number of fused-ring (bicyclic) bond motifs is 1. The van der Waals surface area contributed by atoms with Gasteiger partial charge in [0.25, 0.3) is 0 Å². The second-order valence-corrected chi connectivity index (χ2v) is 6.42. The number of anilines is 1. The van der Waals surface area contributed by atoms with Gasteiger partial charge in [0.2, 0.25) is 5.91 Å². The molecular weight excluding hydrogens is 353 g/mol. The van der Waals surface area contributed by atoms with E-state index in [-0.39, 0.29) is 11.7 Å². The van der Waals surface area contributed by atoms with Crippen LogP contribution in [0.4, 0.5) is 5.69 Å². The zero-order chi connectivity index (χ0) is 16.2. The number of benzene rings is 2. The summed E-state index contributed by atoms with van der Waals surface area (Å²) in [5.41, 5.74) is 0.494. The Balaban J connectivity index is 1.70. The van der Waals surface area contributed by atoms with E-state index in [1.54, 1.807) is 24.4 Å². The lowest BCUT2D eigenvalue weighted by atomic mass is 10.2. The first-order valence-electron chi connectivity index (χ1n) is 6.72. The zero-order valence-electron chi connectivity index (χ0n) is 11.8. The fourth-order valence-electron chi connectivity index (χ4n) is 2.03. The van der Waals surface area contributed by atoms with Crippen molar-refractivity contribution in [3.8, 4) is 0 Å². The van der Waals surface area contributed by atoms with Gasteiger partial charge in [-0.05, 0) is 12.1 Å². The highest BCUT2D eigenvalue weighted by Crippen LogP contribution is 2.30. The summed E-state index contributed by atoms with van der Waals surface area (Å²) in [6.45, 7) is 0. The van der Waals surface area contributed by atoms with E-state index in [1.807, 2.05) is 24.3 Å². The van der Waals surface area contributed by atoms with E-state index in [0.717, 1.165) is 15.8 Å². The van der Waals surface area contributed by atoms with E-state index >= 15 is 0 Å². The molecule has 0 spiro atoms. The normalized spacial score (nSPS) is 10.7. The van der Waals surface area contributed by atoms with E-state index < -0.39 is 0 Å². The molecule has 1 heterocycles. The molecule has 0 aliphatic carbocycles. The highest BCUT2D eigenvalue weighted by Gasteiger charge is 2.10. The van der Waals surface area contributed by atoms with Crippen molar-refractivity contribution < 1.29 is 4.79 Å². The number of thioether (sulfide) groups is 1. The molecule has 23 heavy (non-hydrogen) atoms. The molecule has 1 amide bonds. The molecule has 2 aromatic carbocycles. The van der Waals surface area contributed by atoms with Gasteiger partial charge in [0.05, 0.1) is 27.7 Å². The molecule has 0 aliphatic rings. The predicted octanol–water partition coefficient (Wildman–Crippen LogP) is 4.67. The van der Waals surface area contributed by atoms with Crippen LogP contribution in [-0.4, -0.2) is 21.9 Å². The molecule has 0 unspecified atom stereocenters. The Morgan fingerprint density at radius 2 is 1.96 bits per heavy atom. The lowest BCUT2D eigenvalue weighted by Crippen LogP contribution is -2.14. The van der Waals surface area contributed by atoms with Crippen LogP contribution in [-0.2, 0) is 4.79 Å². The smallest absolute Gasteiger partial charge is 0.234 e. The Hall–Kier alpha value is -1.82. The molecule has 116 valence electrons. The van der Waals surface area contributed by atoms with Gasteiger partial charge in [-0.15, -0.1) is 5.10 Å². The minimum Gasteiger partial charge on any atom is -0.324 e. The van der Waals surface area contributed by atoms with Crippen LogP contribution in [0, 0.1) is 0 Å². The van der Waals surface area contributed by atoms with Gasteiger partial charge in [0.15, 0.2) is 0 Å². The molecule has 3 rings (SSSR count). The number of halogens is 2. The molecule has 0 atom stereocenters. The Morgan fingerprint density at radius 3 is 2.83 bits per heavy atom. The second-order valence-electron chi connectivity index (χ2n) is 4.68. The fraction of sp³-hybridized carbons (Fsp3) is 0.0625. The van der Waals surface area contributed by atoms with Gasteiger partial charge in [0.1, 0.15) is 5.03 Å². The highest BCUT2D eigenvalue weighted by atomic mass is 35.5. The van der Waals surface area contributed by atoms with Crippen molar-refractivity contribution in [3.63, 3.8) is 0 Å². The second kappa shape index (κ2) is 7.17. The van der Waals surface area contributed by atoms with Gasteiger partial charge >= 0.3 is 0 Å². The summed E-state index contributed by atoms with van der Waals surface area (Å²) < 4.78 is 0. The molecule has 0 aliphatic heterocycles. The van der Waals surface area contributed by atoms with Crippen molar-refractivity contribution in [2.24, 2.45) is 0 Å². The van der Waals surface area contributed by atoms with Crippen molar-refractivity contribution in [2.45, 2.75) is 5.03 Å². The summed E-state index contributed by atoms with van der Waals surface area (Å²) in [7, 11) is 0. The molecular formula is C16H11Cl2N3OS. The van der Waals surface area contributed by atoms with Gasteiger partial charge in [-0.2, -0.15) is 5.10 Å². The summed E-state index contributed by atoms with van der Waals surface area (Å²) in [5, 5.41) is 14.2. The number of hydrogen-bond donors (Lipinski definition) is 1. The quantitative estimate of drug-likeness (QED) is 0.684. The van der Waals surface area contributed by atoms with Crippen molar-refractivity contribution in [3.05, 3.63) is 58.7 Å². The Kier molecular flexibility index (Phi) is 5.00. The van der Waals surface area contributed by atoms with Gasteiger partial charge in [-0.1, -0.05) is 65.3 Å². The van der Waals surface area contributed by atoms with E-state index in [9.17, 15) is 4.79 Å². The van der Waals surface area contributed by atoms with Gasteiger partial charge in [-0.3, -0.25) is 4.79 Å². The van der Waals surface area contributed by atoms with Gasteiger partial charge in [0, 0.05) is 10.8 Å². The molecule has 0 bridgehead atoms. The number of hydrogen-bond acceptors (Lipinski definition) is 4. The molecule has 0 fully saturated rings. The lowest BCUT2D eigenvalue weighted by Gasteiger charge is -2.08. The Morgan fingerprint density at radius 1 is 1.13 bits per heavy atom. The van der Waals surface area contributed by atoms with Crippen LogP contribution in [0.2, 0.25) is 10.0 Å². The van der Waals surface area contributed by atoms with Crippen LogP contribution in [0.5, 0.6) is 0 Å². The van der Waals surface area contributed by atoms with Crippen molar-refractivity contribution in [2.75, 3.05) is 11.1 Å². The minimum atomic E-state index is -0.186. The molecule has 1 N–H and O–H groups in total. The zero-order valence-corrected chi connectivity index (χ0v) is 14.1. The van der Waals surface area contributed by atoms with Crippen LogP contribution >= 0.6 is 35.0 Å². The predicted molar refractivity (Wildman–Crippen MR) is 95.4 cm³/mol. The molecule has 4 nitrogen and oxygen atoms in total. The number of nitrogens with zero attached hydrogens (tertiary/aromatic N) is 2. The summed E-state index contributed by atoms with van der Waals surface area (Å²) in [4.78, 5) is 12.1. The Bertz CT molecular complexity index is 868. The third kappa shape index (κ3) is 3.75. The van der Waals surface area contributed by atoms with Crippen LogP contribution < -0.4 is 5.32 Å². The number of rotatable bonds is 4. The average Bonchev–Trinajstić information content (AvgIpc) is 2.57. The first-order valence-corrected chi connectivity index (χ1v) is 8.46. The molecule has 3 aromatic rings. The van der Waals surface area contributed by atoms with E-state index in [4.69, 9.17) is 23.2 Å². The first-order chi connectivity index (χ1) is 11.1. The maximum Gasteiger partial charge on any atom is 0.234 e. The molecule has 0 saturated heterocycles. The maximum absolute atomic E-state index is 12.1. The summed E-state index contributed by atoms with van der Waals surface area (Å²) in [5.74, 6) is 0.0137. The maximum atomic E-state index is 12.1. The summed E-state index contributed by atoms with van der Waals surface area (Å²) in [6.07, 6.45) is 1.70. The van der Waals surface area contributed by atoms with Crippen molar-refractivity contribution >= 4 is 57.3 Å². The van der Waals surface area contributed by atoms with E-state index in [2.05, 4.69) is 15.5 Å². The van der Waals surface area contributed by atoms with Gasteiger partial charge in [-0.25, -0.2) is 0 Å². The highest BCUT2D eigenvalue weighted by molar-refractivity contribution is 8.00. The van der Waals surface area contributed by atoms with Crippen LogP contribution in [0.15, 0.2) is 53.7 Å². The number of amides is 1. The fourth-order valence-corrected chi connectivity index (χ4v) is 3.16. The minimum absolute atomic E-state index is 0.186. The van der Waals surface area contributed by atoms with Crippen LogP contribution in [0.3, 0.4) is 0 Å². The standard InChI is InChI=1S/C16H11Cl2N3OS/c17-12-6-3-7-13(15(12)18)20-14(22)9-23-16-11-5-2-1-4-10(11)8-19-21-16/h1-8H,9H2,(H,20,22). The van der Waals surface area contributed by atoms with Crippen molar-refractivity contribution in [1.29, 1.82) is 0 Å². The van der Waals surface area contributed by atoms with Crippen LogP contribution in [0.25, 0.3) is 10.8 Å². The molecule has 0 radical (unpaired) electrons. The number of aromatic nitrogens is 2. The monoisotopic (exact) mass is 363 g/mol. The first kappa shape index (κ1) is 16.1. The number of carbonyl (C=O) groups excluding carboxylic acids is 1. The summed E-state index contributed by atoms with van der Waals surface area (Å²) in [6, 6.07) is 12.9. The van der Waals surface area contributed by atoms with E-state index in [1.165, 1.54) is 11.8 Å². The SMILES string of the molecule is O=C(CSc1nncc2ccccc12)Nc1cccc(Cl)c1Cl. The number of nitrogens with one attached hydrogen (secondary N) is 1. The lowest BCUT2D eigenvalue weighted by molar-refractivity contribution is -0.113. The van der Waals surface area contributed by atoms with Crippen molar-refractivity contribution in [1.82, 2.24) is 10.2 Å².